The Morgan fingerprint density at radius 3 is 1.46 bits per heavy atom. The van der Waals surface area contributed by atoms with Gasteiger partial charge in [-0.2, -0.15) is 59.5 Å². The van der Waals surface area contributed by atoms with Crippen molar-refractivity contribution in [3.8, 4) is 23.8 Å². The Bertz CT molecular complexity index is 2300. The number of aryl methyl sites for hydroxylation is 6. The molecule has 0 amide bonds. The smallest absolute Gasteiger partial charge is 0.197 e. The second-order valence-corrected chi connectivity index (χ2v) is 10.2. The van der Waals surface area contributed by atoms with Crippen molar-refractivity contribution in [1.29, 1.82) is 10.5 Å². The molecule has 20 heteroatoms. The summed E-state index contributed by atoms with van der Waals surface area (Å²) in [6.45, 7) is 10.6. The summed E-state index contributed by atoms with van der Waals surface area (Å²) >= 11 is 0. The third-order valence-corrected chi connectivity index (χ3v) is 7.18. The predicted octanol–water partition coefficient (Wildman–Crippen LogP) is 4.01. The van der Waals surface area contributed by atoms with Gasteiger partial charge in [0.1, 0.15) is 41.2 Å². The first kappa shape index (κ1) is 27.8. The zero-order valence-electron chi connectivity index (χ0n) is 25.2. The van der Waals surface area contributed by atoms with E-state index in [9.17, 15) is 10.5 Å². The lowest BCUT2D eigenvalue weighted by Crippen LogP contribution is -2.05. The summed E-state index contributed by atoms with van der Waals surface area (Å²) in [6, 6.07) is 5.86. The Morgan fingerprint density at radius 2 is 1.04 bits per heavy atom. The summed E-state index contributed by atoms with van der Waals surface area (Å²) in [5.41, 5.74) is 4.51. The molecule has 0 fully saturated rings. The van der Waals surface area contributed by atoms with Crippen molar-refractivity contribution in [2.45, 2.75) is 41.5 Å². The molecule has 0 spiro atoms. The van der Waals surface area contributed by atoms with Gasteiger partial charge in [-0.25, -0.2) is 9.97 Å². The molecule has 7 heterocycles. The second kappa shape index (κ2) is 10.3. The van der Waals surface area contributed by atoms with Crippen LogP contribution in [0.2, 0.25) is 0 Å². The van der Waals surface area contributed by atoms with E-state index in [4.69, 9.17) is 0 Å². The number of aromatic amines is 2. The largest absolute Gasteiger partial charge is 0.258 e. The second-order valence-electron chi connectivity index (χ2n) is 10.2. The lowest BCUT2D eigenvalue weighted by Gasteiger charge is -2.06. The number of H-pyrrole nitrogens is 2. The maximum absolute atomic E-state index is 9.95. The van der Waals surface area contributed by atoms with E-state index in [0.29, 0.717) is 57.1 Å². The minimum Gasteiger partial charge on any atom is -0.258 e. The Balaban J connectivity index is 1.32. The number of nitrogens with zero attached hydrogens (tertiary/aromatic N) is 18. The number of hydrogen-bond donors (Lipinski definition) is 2. The molecule has 0 aliphatic heterocycles. The van der Waals surface area contributed by atoms with Crippen LogP contribution in [0, 0.1) is 64.2 Å². The van der Waals surface area contributed by atoms with E-state index >= 15 is 0 Å². The highest BCUT2D eigenvalue weighted by molar-refractivity contribution is 5.67. The van der Waals surface area contributed by atoms with Crippen LogP contribution in [0.1, 0.15) is 45.6 Å². The number of hydrogen-bond acceptors (Lipinski definition) is 14. The summed E-state index contributed by atoms with van der Waals surface area (Å²) in [4.78, 5) is 8.75. The summed E-state index contributed by atoms with van der Waals surface area (Å²) in [6.07, 6.45) is 1.30. The number of fused-ring (bicyclic) bond motifs is 2. The van der Waals surface area contributed by atoms with Gasteiger partial charge < -0.3 is 0 Å². The molecule has 0 atom stereocenters. The lowest BCUT2D eigenvalue weighted by atomic mass is 10.3. The molecule has 20 nitrogen and oxygen atoms in total. The predicted molar refractivity (Wildman–Crippen MR) is 157 cm³/mol. The van der Waals surface area contributed by atoms with Gasteiger partial charge in [0, 0.05) is 6.07 Å². The van der Waals surface area contributed by atoms with Crippen LogP contribution in [0.5, 0.6) is 0 Å². The van der Waals surface area contributed by atoms with Crippen LogP contribution in [0.4, 0.5) is 23.0 Å². The highest BCUT2D eigenvalue weighted by Gasteiger charge is 2.22. The third kappa shape index (κ3) is 4.20. The fourth-order valence-corrected chi connectivity index (χ4v) is 4.87. The number of azo groups is 2. The van der Waals surface area contributed by atoms with E-state index in [2.05, 4.69) is 83.4 Å². The molecular weight excluding hydrogens is 592 g/mol. The van der Waals surface area contributed by atoms with Gasteiger partial charge in [-0.3, -0.25) is 10.2 Å². The Morgan fingerprint density at radius 1 is 0.609 bits per heavy atom. The standard InChI is InChI=1S/C26H22N20/c1-11-17(8-27)23(35-33-21-13(3)41-43-15(5)31-37-25(21)43)45(39-11)19-7-20(30-10-29-19)46-24(18(9-28)12(2)40-46)36-34-22-14(4)42-44-16(6)32-38-26(22)44/h7,10,37-38H,1-6H3/b35-33+,36-34+. The fraction of sp³-hybridized carbons (Fsp3) is 0.231. The summed E-state index contributed by atoms with van der Waals surface area (Å²) in [7, 11) is 0. The van der Waals surface area contributed by atoms with Crippen LogP contribution in [0.15, 0.2) is 32.9 Å². The monoisotopic (exact) mass is 614 g/mol. The van der Waals surface area contributed by atoms with Gasteiger partial charge in [0.2, 0.25) is 0 Å². The van der Waals surface area contributed by atoms with Crippen molar-refractivity contribution in [1.82, 2.24) is 69.2 Å². The number of nitrogens with one attached hydrogen (secondary N) is 2. The van der Waals surface area contributed by atoms with Gasteiger partial charge in [0.15, 0.2) is 45.9 Å². The van der Waals surface area contributed by atoms with E-state index in [0.717, 1.165) is 0 Å². The van der Waals surface area contributed by atoms with Crippen molar-refractivity contribution in [3.05, 3.63) is 57.9 Å². The third-order valence-electron chi connectivity index (χ3n) is 7.18. The van der Waals surface area contributed by atoms with E-state index in [1.54, 1.807) is 56.6 Å². The van der Waals surface area contributed by atoms with Gasteiger partial charge >= 0.3 is 0 Å². The SMILES string of the molecule is Cc1nn(-c2cc(-n3nc(C)c(C#N)c3/N=N/c3c(C)nn4c(C)n[nH]c34)ncn2)c(/N=N/c2c(C)nn3c(C)n[nH]c23)c1C#N. The van der Waals surface area contributed by atoms with E-state index in [-0.39, 0.29) is 34.4 Å². The van der Waals surface area contributed by atoms with Gasteiger partial charge in [-0.15, -0.1) is 20.5 Å². The molecule has 7 rings (SSSR count). The molecule has 2 N–H and O–H groups in total. The normalized spacial score (nSPS) is 11.9. The quantitative estimate of drug-likeness (QED) is 0.254. The van der Waals surface area contributed by atoms with Crippen molar-refractivity contribution < 1.29 is 0 Å². The van der Waals surface area contributed by atoms with Crippen molar-refractivity contribution in [3.63, 3.8) is 0 Å². The Kier molecular flexibility index (Phi) is 6.26. The highest BCUT2D eigenvalue weighted by atomic mass is 15.4. The van der Waals surface area contributed by atoms with E-state index in [1.165, 1.54) is 15.7 Å². The van der Waals surface area contributed by atoms with Crippen LogP contribution in [0.3, 0.4) is 0 Å². The van der Waals surface area contributed by atoms with Crippen LogP contribution >= 0.6 is 0 Å². The van der Waals surface area contributed by atoms with Crippen LogP contribution in [-0.2, 0) is 0 Å². The van der Waals surface area contributed by atoms with Crippen LogP contribution in [-0.4, -0.2) is 69.2 Å². The number of aromatic nitrogens is 14. The molecule has 46 heavy (non-hydrogen) atoms. The molecule has 7 aromatic heterocycles. The maximum atomic E-state index is 9.95. The number of nitriles is 2. The van der Waals surface area contributed by atoms with Crippen molar-refractivity contribution in [2.24, 2.45) is 20.5 Å². The van der Waals surface area contributed by atoms with Crippen LogP contribution < -0.4 is 0 Å². The first-order valence-corrected chi connectivity index (χ1v) is 13.7. The first-order chi connectivity index (χ1) is 22.2. The molecule has 7 aromatic rings. The van der Waals surface area contributed by atoms with Gasteiger partial charge in [0.05, 0.1) is 22.8 Å². The van der Waals surface area contributed by atoms with Gasteiger partial charge in [-0.05, 0) is 41.5 Å². The molecule has 0 unspecified atom stereocenters. The fourth-order valence-electron chi connectivity index (χ4n) is 4.87. The molecule has 0 saturated heterocycles. The topological polar surface area (TPSA) is 250 Å². The average molecular weight is 615 g/mol. The van der Waals surface area contributed by atoms with E-state index in [1.807, 2.05) is 0 Å². The average Bonchev–Trinajstić information content (AvgIpc) is 3.87. The Labute approximate surface area is 257 Å². The minimum atomic E-state index is 0.143. The molecule has 0 aromatic carbocycles. The number of rotatable bonds is 6. The molecule has 0 aliphatic rings. The molecule has 0 bridgehead atoms. The van der Waals surface area contributed by atoms with Crippen LogP contribution in [0.25, 0.3) is 22.9 Å². The van der Waals surface area contributed by atoms with E-state index < -0.39 is 0 Å². The summed E-state index contributed by atoms with van der Waals surface area (Å²) in [5, 5.41) is 69.5. The molecular formula is C26H22N20. The van der Waals surface area contributed by atoms with Crippen molar-refractivity contribution in [2.75, 3.05) is 0 Å². The lowest BCUT2D eigenvalue weighted by molar-refractivity contribution is 0.788. The van der Waals surface area contributed by atoms with Gasteiger partial charge in [0.25, 0.3) is 0 Å². The first-order valence-electron chi connectivity index (χ1n) is 13.7. The van der Waals surface area contributed by atoms with Gasteiger partial charge in [-0.1, -0.05) is 0 Å². The summed E-state index contributed by atoms with van der Waals surface area (Å²) < 4.78 is 6.01. The zero-order chi connectivity index (χ0) is 32.3. The summed E-state index contributed by atoms with van der Waals surface area (Å²) in [5.74, 6) is 2.12. The minimum absolute atomic E-state index is 0.143. The Hall–Kier alpha value is -6.96. The van der Waals surface area contributed by atoms with Crippen molar-refractivity contribution >= 4 is 34.3 Å². The molecule has 0 radical (unpaired) electrons. The molecule has 226 valence electrons. The maximum Gasteiger partial charge on any atom is 0.197 e. The molecule has 0 saturated carbocycles. The highest BCUT2D eigenvalue weighted by Crippen LogP contribution is 2.32. The molecule has 0 aliphatic carbocycles. The zero-order valence-corrected chi connectivity index (χ0v) is 25.2.